The van der Waals surface area contributed by atoms with Crippen LogP contribution in [0, 0.1) is 6.92 Å². The average Bonchev–Trinajstić information content (AvgIpc) is 2.59. The molecule has 2 N–H and O–H groups in total. The topological polar surface area (TPSA) is 84.2 Å². The number of rotatable bonds is 3. The summed E-state index contributed by atoms with van der Waals surface area (Å²) in [7, 11) is 0. The number of aromatic hydroxyl groups is 1. The first-order valence-electron chi connectivity index (χ1n) is 7.31. The van der Waals surface area contributed by atoms with Crippen molar-refractivity contribution in [1.82, 2.24) is 9.78 Å². The molecule has 0 saturated carbocycles. The summed E-state index contributed by atoms with van der Waals surface area (Å²) in [4.78, 5) is 24.4. The van der Waals surface area contributed by atoms with Crippen LogP contribution < -0.4 is 10.9 Å². The number of benzene rings is 2. The van der Waals surface area contributed by atoms with E-state index >= 15 is 0 Å². The smallest absolute Gasteiger partial charge is 0.276 e. The number of phenolic OH excluding ortho intramolecular Hbond substituents is 1. The Morgan fingerprint density at radius 1 is 1.08 bits per heavy atom. The fourth-order valence-electron chi connectivity index (χ4n) is 2.22. The fourth-order valence-corrected chi connectivity index (χ4v) is 2.22. The van der Waals surface area contributed by atoms with Gasteiger partial charge in [-0.3, -0.25) is 9.59 Å². The number of carbonyl (C=O) groups is 1. The molecule has 24 heavy (non-hydrogen) atoms. The minimum Gasteiger partial charge on any atom is -0.506 e. The van der Waals surface area contributed by atoms with Gasteiger partial charge in [0.05, 0.1) is 11.4 Å². The SMILES string of the molecule is Cc1ccc(O)c(NC(=O)c2ccc(=O)n(-c3ccccc3)n2)c1. The highest BCUT2D eigenvalue weighted by Gasteiger charge is 2.13. The Morgan fingerprint density at radius 2 is 1.83 bits per heavy atom. The molecule has 0 unspecified atom stereocenters. The number of aromatic nitrogens is 2. The maximum Gasteiger partial charge on any atom is 0.276 e. The van der Waals surface area contributed by atoms with E-state index in [4.69, 9.17) is 0 Å². The highest BCUT2D eigenvalue weighted by Crippen LogP contribution is 2.24. The Morgan fingerprint density at radius 3 is 2.58 bits per heavy atom. The maximum atomic E-state index is 12.4. The Bertz CT molecular complexity index is 949. The summed E-state index contributed by atoms with van der Waals surface area (Å²) in [5, 5.41) is 16.5. The van der Waals surface area contributed by atoms with Gasteiger partial charge in [0.2, 0.25) is 0 Å². The van der Waals surface area contributed by atoms with E-state index in [9.17, 15) is 14.7 Å². The van der Waals surface area contributed by atoms with Crippen molar-refractivity contribution in [2.45, 2.75) is 6.92 Å². The summed E-state index contributed by atoms with van der Waals surface area (Å²) in [6.07, 6.45) is 0. The summed E-state index contributed by atoms with van der Waals surface area (Å²) >= 11 is 0. The lowest BCUT2D eigenvalue weighted by Gasteiger charge is -2.09. The van der Waals surface area contributed by atoms with Gasteiger partial charge in [0.1, 0.15) is 11.4 Å². The number of anilines is 1. The van der Waals surface area contributed by atoms with Crippen LogP contribution in [0.2, 0.25) is 0 Å². The molecule has 0 aliphatic rings. The number of amides is 1. The van der Waals surface area contributed by atoms with Gasteiger partial charge >= 0.3 is 0 Å². The second kappa shape index (κ2) is 6.37. The van der Waals surface area contributed by atoms with Gasteiger partial charge in [-0.05, 0) is 42.8 Å². The fraction of sp³-hybridized carbons (Fsp3) is 0.0556. The second-order valence-corrected chi connectivity index (χ2v) is 5.28. The molecule has 120 valence electrons. The minimum absolute atomic E-state index is 0.0367. The highest BCUT2D eigenvalue weighted by atomic mass is 16.3. The Balaban J connectivity index is 1.94. The molecule has 0 radical (unpaired) electrons. The van der Waals surface area contributed by atoms with Crippen LogP contribution in [0.3, 0.4) is 0 Å². The molecule has 6 nitrogen and oxygen atoms in total. The van der Waals surface area contributed by atoms with Crippen LogP contribution in [-0.4, -0.2) is 20.8 Å². The third-order valence-corrected chi connectivity index (χ3v) is 3.43. The van der Waals surface area contributed by atoms with Gasteiger partial charge in [-0.15, -0.1) is 0 Å². The quantitative estimate of drug-likeness (QED) is 0.726. The number of carbonyl (C=O) groups excluding carboxylic acids is 1. The Kier molecular flexibility index (Phi) is 4.11. The van der Waals surface area contributed by atoms with E-state index in [0.29, 0.717) is 11.4 Å². The molecular weight excluding hydrogens is 306 g/mol. The molecule has 6 heteroatoms. The van der Waals surface area contributed by atoms with E-state index in [1.807, 2.05) is 13.0 Å². The van der Waals surface area contributed by atoms with Crippen molar-refractivity contribution in [3.05, 3.63) is 82.3 Å². The number of hydrogen-bond donors (Lipinski definition) is 2. The molecule has 0 fully saturated rings. The van der Waals surface area contributed by atoms with Crippen LogP contribution in [0.1, 0.15) is 16.1 Å². The predicted octanol–water partition coefficient (Wildman–Crippen LogP) is 2.50. The van der Waals surface area contributed by atoms with Crippen molar-refractivity contribution in [2.75, 3.05) is 5.32 Å². The van der Waals surface area contributed by atoms with E-state index < -0.39 is 5.91 Å². The van der Waals surface area contributed by atoms with Crippen molar-refractivity contribution in [3.8, 4) is 11.4 Å². The number of phenols is 1. The highest BCUT2D eigenvalue weighted by molar-refractivity contribution is 6.03. The molecule has 1 heterocycles. The summed E-state index contributed by atoms with van der Waals surface area (Å²) in [6.45, 7) is 1.85. The van der Waals surface area contributed by atoms with Crippen LogP contribution in [-0.2, 0) is 0 Å². The zero-order chi connectivity index (χ0) is 17.1. The summed E-state index contributed by atoms with van der Waals surface area (Å²) < 4.78 is 1.16. The van der Waals surface area contributed by atoms with Crippen LogP contribution in [0.15, 0.2) is 65.5 Å². The largest absolute Gasteiger partial charge is 0.506 e. The maximum absolute atomic E-state index is 12.4. The normalized spacial score (nSPS) is 10.4. The zero-order valence-electron chi connectivity index (χ0n) is 12.9. The Labute approximate surface area is 138 Å². The third kappa shape index (κ3) is 3.17. The third-order valence-electron chi connectivity index (χ3n) is 3.43. The van der Waals surface area contributed by atoms with Crippen molar-refractivity contribution in [1.29, 1.82) is 0 Å². The lowest BCUT2D eigenvalue weighted by atomic mass is 10.2. The van der Waals surface area contributed by atoms with E-state index in [-0.39, 0.29) is 17.0 Å². The molecule has 3 rings (SSSR count). The second-order valence-electron chi connectivity index (χ2n) is 5.28. The van der Waals surface area contributed by atoms with Gasteiger partial charge in [0, 0.05) is 6.07 Å². The van der Waals surface area contributed by atoms with Crippen LogP contribution in [0.5, 0.6) is 5.75 Å². The van der Waals surface area contributed by atoms with Crippen LogP contribution in [0.25, 0.3) is 5.69 Å². The van der Waals surface area contributed by atoms with Crippen molar-refractivity contribution >= 4 is 11.6 Å². The van der Waals surface area contributed by atoms with Crippen molar-refractivity contribution in [3.63, 3.8) is 0 Å². The Hall–Kier alpha value is -3.41. The van der Waals surface area contributed by atoms with Gasteiger partial charge < -0.3 is 10.4 Å². The van der Waals surface area contributed by atoms with Crippen molar-refractivity contribution in [2.24, 2.45) is 0 Å². The summed E-state index contributed by atoms with van der Waals surface area (Å²) in [6, 6.07) is 16.4. The summed E-state index contributed by atoms with van der Waals surface area (Å²) in [5.41, 5.74) is 1.48. The van der Waals surface area contributed by atoms with E-state index in [0.717, 1.165) is 10.2 Å². The molecule has 1 amide bonds. The van der Waals surface area contributed by atoms with Crippen LogP contribution >= 0.6 is 0 Å². The molecule has 2 aromatic carbocycles. The zero-order valence-corrected chi connectivity index (χ0v) is 12.9. The van der Waals surface area contributed by atoms with E-state index in [1.165, 1.54) is 18.2 Å². The van der Waals surface area contributed by atoms with Gasteiger partial charge in [0.25, 0.3) is 11.5 Å². The first kappa shape index (κ1) is 15.5. The van der Waals surface area contributed by atoms with Crippen molar-refractivity contribution < 1.29 is 9.90 Å². The average molecular weight is 321 g/mol. The van der Waals surface area contributed by atoms with Gasteiger partial charge in [0.15, 0.2) is 0 Å². The number of aryl methyl sites for hydroxylation is 1. The first-order valence-corrected chi connectivity index (χ1v) is 7.31. The monoisotopic (exact) mass is 321 g/mol. The number of nitrogens with one attached hydrogen (secondary N) is 1. The first-order chi connectivity index (χ1) is 11.5. The van der Waals surface area contributed by atoms with E-state index in [1.54, 1.807) is 36.4 Å². The van der Waals surface area contributed by atoms with E-state index in [2.05, 4.69) is 10.4 Å². The van der Waals surface area contributed by atoms with Gasteiger partial charge in [-0.25, -0.2) is 0 Å². The van der Waals surface area contributed by atoms with Gasteiger partial charge in [-0.2, -0.15) is 9.78 Å². The standard InChI is InChI=1S/C18H15N3O3/c1-12-7-9-16(22)15(11-12)19-18(24)14-8-10-17(23)21(20-14)13-5-3-2-4-6-13/h2-11,22H,1H3,(H,19,24). The molecule has 1 aromatic heterocycles. The number of nitrogens with zero attached hydrogens (tertiary/aromatic N) is 2. The molecule has 0 aliphatic carbocycles. The minimum atomic E-state index is -0.513. The predicted molar refractivity (Wildman–Crippen MR) is 90.6 cm³/mol. The lowest BCUT2D eigenvalue weighted by molar-refractivity contribution is 0.102. The molecule has 0 aliphatic heterocycles. The molecule has 0 atom stereocenters. The molecule has 0 saturated heterocycles. The molecular formula is C18H15N3O3. The lowest BCUT2D eigenvalue weighted by Crippen LogP contribution is -2.24. The molecule has 0 bridgehead atoms. The number of para-hydroxylation sites is 1. The van der Waals surface area contributed by atoms with Gasteiger partial charge in [-0.1, -0.05) is 24.3 Å². The number of hydrogen-bond acceptors (Lipinski definition) is 4. The summed E-state index contributed by atoms with van der Waals surface area (Å²) in [5.74, 6) is -0.550. The molecule has 3 aromatic rings. The van der Waals surface area contributed by atoms with Crippen LogP contribution in [0.4, 0.5) is 5.69 Å². The molecule has 0 spiro atoms.